The van der Waals surface area contributed by atoms with Crippen molar-refractivity contribution in [3.8, 4) is 11.5 Å². The summed E-state index contributed by atoms with van der Waals surface area (Å²) in [4.78, 5) is 17.4. The average molecular weight is 444 g/mol. The molecular formula is C25H25N5OS. The summed E-state index contributed by atoms with van der Waals surface area (Å²) in [5, 5.41) is 12.2. The van der Waals surface area contributed by atoms with Crippen LogP contribution in [-0.4, -0.2) is 30.9 Å². The number of para-hydroxylation sites is 1. The second-order valence-electron chi connectivity index (χ2n) is 7.61. The summed E-state index contributed by atoms with van der Waals surface area (Å²) in [5.41, 5.74) is 4.82. The van der Waals surface area contributed by atoms with Crippen LogP contribution in [0.2, 0.25) is 0 Å². The van der Waals surface area contributed by atoms with E-state index >= 15 is 0 Å². The molecule has 0 saturated carbocycles. The summed E-state index contributed by atoms with van der Waals surface area (Å²) in [5.74, 6) is 0.611. The van der Waals surface area contributed by atoms with Crippen molar-refractivity contribution < 1.29 is 4.79 Å². The molecule has 1 N–H and O–H groups in total. The summed E-state index contributed by atoms with van der Waals surface area (Å²) < 4.78 is 2.02. The lowest BCUT2D eigenvalue weighted by molar-refractivity contribution is -0.115. The number of pyridine rings is 1. The Bertz CT molecular complexity index is 1190. The maximum absolute atomic E-state index is 13.0. The Morgan fingerprint density at radius 3 is 2.38 bits per heavy atom. The van der Waals surface area contributed by atoms with E-state index in [1.54, 1.807) is 6.20 Å². The molecule has 162 valence electrons. The molecule has 0 radical (unpaired) electrons. The molecule has 4 rings (SSSR count). The van der Waals surface area contributed by atoms with Crippen LogP contribution in [0.1, 0.15) is 23.6 Å². The molecule has 6 nitrogen and oxygen atoms in total. The number of nitrogens with zero attached hydrogens (tertiary/aromatic N) is 4. The molecule has 7 heteroatoms. The SMILES string of the molecule is Cc1cccc(C)c1NC(=O)[C@H](C)Sc1nnc(-c2ccccn2)n1Cc1ccccc1. The van der Waals surface area contributed by atoms with Crippen LogP contribution >= 0.6 is 11.8 Å². The quantitative estimate of drug-likeness (QED) is 0.401. The first-order valence-corrected chi connectivity index (χ1v) is 11.3. The van der Waals surface area contributed by atoms with E-state index in [0.717, 1.165) is 28.1 Å². The third kappa shape index (κ3) is 4.89. The Balaban J connectivity index is 1.60. The minimum absolute atomic E-state index is 0.0685. The fraction of sp³-hybridized carbons (Fsp3) is 0.200. The van der Waals surface area contributed by atoms with E-state index in [-0.39, 0.29) is 11.2 Å². The van der Waals surface area contributed by atoms with Crippen LogP contribution in [0, 0.1) is 13.8 Å². The number of nitrogens with one attached hydrogen (secondary N) is 1. The number of benzene rings is 2. The first-order valence-electron chi connectivity index (χ1n) is 10.4. The molecule has 0 aliphatic carbocycles. The highest BCUT2D eigenvalue weighted by molar-refractivity contribution is 8.00. The van der Waals surface area contributed by atoms with Crippen LogP contribution < -0.4 is 5.32 Å². The van der Waals surface area contributed by atoms with Crippen LogP contribution in [0.25, 0.3) is 11.5 Å². The van der Waals surface area contributed by atoms with Crippen molar-refractivity contribution in [2.75, 3.05) is 5.32 Å². The molecule has 0 aliphatic rings. The fourth-order valence-electron chi connectivity index (χ4n) is 3.42. The Kier molecular flexibility index (Phi) is 6.66. The standard InChI is InChI=1S/C25H25N5OS/c1-17-10-9-11-18(2)22(17)27-24(31)19(3)32-25-29-28-23(21-14-7-8-15-26-21)30(25)16-20-12-5-4-6-13-20/h4-15,19H,16H2,1-3H3,(H,27,31)/t19-/m0/s1. The highest BCUT2D eigenvalue weighted by atomic mass is 32.2. The molecule has 0 saturated heterocycles. The Morgan fingerprint density at radius 2 is 1.69 bits per heavy atom. The molecule has 0 unspecified atom stereocenters. The summed E-state index contributed by atoms with van der Waals surface area (Å²) in [6, 6.07) is 21.8. The van der Waals surface area contributed by atoms with E-state index in [1.165, 1.54) is 11.8 Å². The zero-order valence-electron chi connectivity index (χ0n) is 18.3. The largest absolute Gasteiger partial charge is 0.325 e. The number of amides is 1. The average Bonchev–Trinajstić information content (AvgIpc) is 3.19. The van der Waals surface area contributed by atoms with Gasteiger partial charge in [0.25, 0.3) is 0 Å². The van der Waals surface area contributed by atoms with Crippen LogP contribution in [0.15, 0.2) is 78.1 Å². The number of aromatic nitrogens is 4. The van der Waals surface area contributed by atoms with E-state index in [1.807, 2.05) is 79.9 Å². The highest BCUT2D eigenvalue weighted by Crippen LogP contribution is 2.28. The van der Waals surface area contributed by atoms with Crippen molar-refractivity contribution in [2.24, 2.45) is 0 Å². The van der Waals surface area contributed by atoms with Gasteiger partial charge in [-0.15, -0.1) is 10.2 Å². The van der Waals surface area contributed by atoms with Gasteiger partial charge in [-0.1, -0.05) is 66.4 Å². The second-order valence-corrected chi connectivity index (χ2v) is 8.92. The molecule has 4 aromatic rings. The van der Waals surface area contributed by atoms with Crippen molar-refractivity contribution in [1.29, 1.82) is 0 Å². The maximum atomic E-state index is 13.0. The smallest absolute Gasteiger partial charge is 0.237 e. The Hall–Kier alpha value is -3.45. The molecule has 0 bridgehead atoms. The molecule has 1 amide bonds. The predicted octanol–water partition coefficient (Wildman–Crippen LogP) is 5.12. The molecule has 0 fully saturated rings. The molecule has 32 heavy (non-hydrogen) atoms. The maximum Gasteiger partial charge on any atom is 0.237 e. The number of rotatable bonds is 7. The van der Waals surface area contributed by atoms with Crippen LogP contribution in [0.3, 0.4) is 0 Å². The minimum Gasteiger partial charge on any atom is -0.325 e. The molecule has 2 aromatic carbocycles. The van der Waals surface area contributed by atoms with Crippen molar-refractivity contribution >= 4 is 23.4 Å². The van der Waals surface area contributed by atoms with Crippen LogP contribution in [0.5, 0.6) is 0 Å². The fourth-order valence-corrected chi connectivity index (χ4v) is 4.27. The summed E-state index contributed by atoms with van der Waals surface area (Å²) in [7, 11) is 0. The lowest BCUT2D eigenvalue weighted by atomic mass is 10.1. The second kappa shape index (κ2) is 9.78. The first kappa shape index (κ1) is 21.8. The zero-order chi connectivity index (χ0) is 22.5. The predicted molar refractivity (Wildman–Crippen MR) is 129 cm³/mol. The Labute approximate surface area is 192 Å². The molecule has 0 spiro atoms. The van der Waals surface area contributed by atoms with Gasteiger partial charge < -0.3 is 5.32 Å². The summed E-state index contributed by atoms with van der Waals surface area (Å²) >= 11 is 1.39. The molecule has 2 aromatic heterocycles. The molecule has 0 aliphatic heterocycles. The zero-order valence-corrected chi connectivity index (χ0v) is 19.1. The van der Waals surface area contributed by atoms with Gasteiger partial charge in [0.1, 0.15) is 5.69 Å². The number of carbonyl (C=O) groups excluding carboxylic acids is 1. The van der Waals surface area contributed by atoms with E-state index in [0.29, 0.717) is 17.5 Å². The number of thioether (sulfide) groups is 1. The van der Waals surface area contributed by atoms with Gasteiger partial charge in [0.15, 0.2) is 11.0 Å². The van der Waals surface area contributed by atoms with E-state index in [9.17, 15) is 4.79 Å². The minimum atomic E-state index is -0.357. The van der Waals surface area contributed by atoms with Gasteiger partial charge in [-0.25, -0.2) is 0 Å². The Morgan fingerprint density at radius 1 is 0.969 bits per heavy atom. The number of carbonyl (C=O) groups is 1. The van der Waals surface area contributed by atoms with Gasteiger partial charge >= 0.3 is 0 Å². The number of hydrogen-bond donors (Lipinski definition) is 1. The normalized spacial score (nSPS) is 11.8. The third-order valence-corrected chi connectivity index (χ3v) is 6.26. The lowest BCUT2D eigenvalue weighted by Gasteiger charge is -2.16. The van der Waals surface area contributed by atoms with Crippen molar-refractivity contribution in [2.45, 2.75) is 37.7 Å². The first-order chi connectivity index (χ1) is 15.5. The third-order valence-electron chi connectivity index (χ3n) is 5.18. The van der Waals surface area contributed by atoms with Gasteiger partial charge in [-0.05, 0) is 49.6 Å². The van der Waals surface area contributed by atoms with Gasteiger partial charge in [-0.2, -0.15) is 0 Å². The van der Waals surface area contributed by atoms with Crippen LogP contribution in [-0.2, 0) is 11.3 Å². The molecular weight excluding hydrogens is 418 g/mol. The number of aryl methyl sites for hydroxylation is 2. The van der Waals surface area contributed by atoms with Gasteiger partial charge in [0.05, 0.1) is 11.8 Å². The highest BCUT2D eigenvalue weighted by Gasteiger charge is 2.22. The summed E-state index contributed by atoms with van der Waals surface area (Å²) in [6.45, 7) is 6.47. The van der Waals surface area contributed by atoms with Crippen LogP contribution in [0.4, 0.5) is 5.69 Å². The van der Waals surface area contributed by atoms with Crippen molar-refractivity contribution in [3.63, 3.8) is 0 Å². The van der Waals surface area contributed by atoms with Crippen molar-refractivity contribution in [3.05, 3.63) is 89.6 Å². The van der Waals surface area contributed by atoms with E-state index < -0.39 is 0 Å². The molecule has 2 heterocycles. The van der Waals surface area contributed by atoms with E-state index in [4.69, 9.17) is 0 Å². The lowest BCUT2D eigenvalue weighted by Crippen LogP contribution is -2.24. The number of anilines is 1. The van der Waals surface area contributed by atoms with E-state index in [2.05, 4.69) is 32.6 Å². The summed E-state index contributed by atoms with van der Waals surface area (Å²) in [6.07, 6.45) is 1.74. The van der Waals surface area contributed by atoms with Crippen molar-refractivity contribution in [1.82, 2.24) is 19.7 Å². The molecule has 1 atom stereocenters. The monoisotopic (exact) mass is 443 g/mol. The number of hydrogen-bond acceptors (Lipinski definition) is 5. The van der Waals surface area contributed by atoms with Gasteiger partial charge in [0.2, 0.25) is 5.91 Å². The topological polar surface area (TPSA) is 72.7 Å². The van der Waals surface area contributed by atoms with Gasteiger partial charge in [0, 0.05) is 11.9 Å². The van der Waals surface area contributed by atoms with Gasteiger partial charge in [-0.3, -0.25) is 14.3 Å².